The van der Waals surface area contributed by atoms with Gasteiger partial charge in [-0.15, -0.1) is 0 Å². The van der Waals surface area contributed by atoms with Gasteiger partial charge in [0.15, 0.2) is 0 Å². The summed E-state index contributed by atoms with van der Waals surface area (Å²) in [5.41, 5.74) is 3.36. The van der Waals surface area contributed by atoms with Crippen LogP contribution >= 0.6 is 0 Å². The highest BCUT2D eigenvalue weighted by Crippen LogP contribution is 2.86. The second kappa shape index (κ2) is 5.27. The molecule has 0 amide bonds. The molecule has 6 aliphatic rings. The van der Waals surface area contributed by atoms with Gasteiger partial charge in [-0.2, -0.15) is 0 Å². The Morgan fingerprint density at radius 3 is 1.60 bits per heavy atom. The molecule has 6 saturated carbocycles. The maximum Gasteiger partial charge on any atom is 0.0468 e. The van der Waals surface area contributed by atoms with E-state index >= 15 is 0 Å². The van der Waals surface area contributed by atoms with Gasteiger partial charge >= 0.3 is 0 Å². The highest BCUT2D eigenvalue weighted by molar-refractivity contribution is 5.26. The average molecular weight is 343 g/mol. The molecule has 140 valence electrons. The van der Waals surface area contributed by atoms with Gasteiger partial charge in [-0.1, -0.05) is 38.5 Å². The lowest BCUT2D eigenvalue weighted by Crippen LogP contribution is -2.37. The fourth-order valence-electron chi connectivity index (χ4n) is 9.36. The maximum absolute atomic E-state index is 6.19. The van der Waals surface area contributed by atoms with E-state index in [2.05, 4.69) is 0 Å². The van der Waals surface area contributed by atoms with Crippen LogP contribution in [0.1, 0.15) is 103 Å². The highest BCUT2D eigenvalue weighted by Gasteiger charge is 2.77. The number of hydrogen-bond donors (Lipinski definition) is 0. The van der Waals surface area contributed by atoms with Gasteiger partial charge in [0.25, 0.3) is 0 Å². The van der Waals surface area contributed by atoms with Crippen LogP contribution in [0.3, 0.4) is 0 Å². The number of rotatable bonds is 6. The van der Waals surface area contributed by atoms with Crippen LogP contribution in [0.4, 0.5) is 0 Å². The first-order valence-corrected chi connectivity index (χ1v) is 11.8. The molecular weight excluding hydrogens is 304 g/mol. The molecular formula is C24H38O. The Kier molecular flexibility index (Phi) is 3.36. The van der Waals surface area contributed by atoms with Crippen molar-refractivity contribution < 1.29 is 4.74 Å². The van der Waals surface area contributed by atoms with Crippen LogP contribution in [0.2, 0.25) is 0 Å². The van der Waals surface area contributed by atoms with Crippen LogP contribution in [0.5, 0.6) is 0 Å². The zero-order chi connectivity index (χ0) is 16.6. The van der Waals surface area contributed by atoms with Gasteiger partial charge in [0.2, 0.25) is 0 Å². The predicted molar refractivity (Wildman–Crippen MR) is 101 cm³/mol. The Hall–Kier alpha value is -0.0400. The molecule has 0 bridgehead atoms. The van der Waals surface area contributed by atoms with Crippen molar-refractivity contribution in [2.24, 2.45) is 33.5 Å². The van der Waals surface area contributed by atoms with Crippen LogP contribution in [0.25, 0.3) is 0 Å². The molecule has 0 radical (unpaired) electrons. The van der Waals surface area contributed by atoms with Gasteiger partial charge in [0, 0.05) is 13.2 Å². The summed E-state index contributed by atoms with van der Waals surface area (Å²) in [4.78, 5) is 0. The summed E-state index contributed by atoms with van der Waals surface area (Å²) < 4.78 is 6.19. The van der Waals surface area contributed by atoms with E-state index in [1.54, 1.807) is 51.4 Å². The normalized spacial score (nSPS) is 55.2. The van der Waals surface area contributed by atoms with E-state index < -0.39 is 0 Å². The molecule has 6 fully saturated rings. The molecule has 0 spiro atoms. The minimum atomic E-state index is 0.827. The molecule has 0 N–H and O–H groups in total. The molecule has 0 aromatic carbocycles. The summed E-state index contributed by atoms with van der Waals surface area (Å²) in [7, 11) is 0. The monoisotopic (exact) mass is 342 g/mol. The van der Waals surface area contributed by atoms with Crippen molar-refractivity contribution in [2.45, 2.75) is 103 Å². The Balaban J connectivity index is 0.934. The molecule has 1 nitrogen and oxygen atoms in total. The second-order valence-electron chi connectivity index (χ2n) is 11.3. The van der Waals surface area contributed by atoms with E-state index in [0.717, 1.165) is 46.7 Å². The van der Waals surface area contributed by atoms with Crippen molar-refractivity contribution in [3.8, 4) is 0 Å². The third-order valence-corrected chi connectivity index (χ3v) is 10.8. The van der Waals surface area contributed by atoms with Crippen molar-refractivity contribution in [2.75, 3.05) is 13.2 Å². The first kappa shape index (κ1) is 16.0. The van der Waals surface area contributed by atoms with Crippen LogP contribution in [0, 0.1) is 33.5 Å². The van der Waals surface area contributed by atoms with Crippen molar-refractivity contribution in [1.29, 1.82) is 0 Å². The number of hydrogen-bond acceptors (Lipinski definition) is 1. The molecule has 6 aliphatic carbocycles. The minimum absolute atomic E-state index is 0.827. The third-order valence-electron chi connectivity index (χ3n) is 10.8. The first-order chi connectivity index (χ1) is 12.2. The standard InChI is InChI=1S/C24H38O/c1-3-9-21-15-19(23(21,17-21)11-5-1)7-13-25-14-8-20-16-22-10-4-2-6-12-24(20,22)18-22/h19-20H,1-18H2. The van der Waals surface area contributed by atoms with Gasteiger partial charge in [-0.05, 0) is 97.7 Å². The fraction of sp³-hybridized carbons (Fsp3) is 1.00. The summed E-state index contributed by atoms with van der Waals surface area (Å²) in [6, 6.07) is 0. The van der Waals surface area contributed by atoms with Crippen LogP contribution < -0.4 is 0 Å². The molecule has 0 saturated heterocycles. The molecule has 0 aromatic rings. The van der Waals surface area contributed by atoms with Crippen molar-refractivity contribution >= 4 is 0 Å². The van der Waals surface area contributed by atoms with E-state index in [4.69, 9.17) is 4.74 Å². The van der Waals surface area contributed by atoms with E-state index in [-0.39, 0.29) is 0 Å². The van der Waals surface area contributed by atoms with Gasteiger partial charge in [0.1, 0.15) is 0 Å². The smallest absolute Gasteiger partial charge is 0.0468 e. The fourth-order valence-corrected chi connectivity index (χ4v) is 9.36. The summed E-state index contributed by atoms with van der Waals surface area (Å²) >= 11 is 0. The second-order valence-corrected chi connectivity index (χ2v) is 11.3. The Morgan fingerprint density at radius 2 is 1.08 bits per heavy atom. The molecule has 0 aliphatic heterocycles. The lowest BCUT2D eigenvalue weighted by Gasteiger charge is -2.44. The first-order valence-electron chi connectivity index (χ1n) is 11.8. The van der Waals surface area contributed by atoms with E-state index in [1.165, 1.54) is 51.4 Å². The molecule has 6 rings (SSSR count). The quantitative estimate of drug-likeness (QED) is 0.500. The van der Waals surface area contributed by atoms with E-state index in [9.17, 15) is 0 Å². The summed E-state index contributed by atoms with van der Waals surface area (Å²) in [6.45, 7) is 2.13. The zero-order valence-corrected chi connectivity index (χ0v) is 16.3. The average Bonchev–Trinajstić information content (AvgIpc) is 3.31. The minimum Gasteiger partial charge on any atom is -0.381 e. The maximum atomic E-state index is 6.19. The van der Waals surface area contributed by atoms with Crippen molar-refractivity contribution in [1.82, 2.24) is 0 Å². The number of ether oxygens (including phenoxy) is 1. The molecule has 25 heavy (non-hydrogen) atoms. The van der Waals surface area contributed by atoms with Crippen molar-refractivity contribution in [3.63, 3.8) is 0 Å². The highest BCUT2D eigenvalue weighted by atomic mass is 16.5. The summed E-state index contributed by atoms with van der Waals surface area (Å²) in [5.74, 6) is 2.07. The van der Waals surface area contributed by atoms with Crippen LogP contribution in [0.15, 0.2) is 0 Å². The predicted octanol–water partition coefficient (Wildman–Crippen LogP) is 6.50. The zero-order valence-electron chi connectivity index (χ0n) is 16.3. The summed E-state index contributed by atoms with van der Waals surface area (Å²) in [6.07, 6.45) is 24.4. The Labute approximate surface area is 154 Å². The lowest BCUT2D eigenvalue weighted by atomic mass is 9.61. The lowest BCUT2D eigenvalue weighted by molar-refractivity contribution is 0.00376. The van der Waals surface area contributed by atoms with E-state index in [0.29, 0.717) is 0 Å². The third kappa shape index (κ3) is 2.00. The van der Waals surface area contributed by atoms with Crippen molar-refractivity contribution in [3.05, 3.63) is 0 Å². The Bertz CT molecular complexity index is 508. The van der Waals surface area contributed by atoms with Crippen LogP contribution in [-0.2, 0) is 4.74 Å². The molecule has 6 unspecified atom stereocenters. The van der Waals surface area contributed by atoms with Gasteiger partial charge in [-0.25, -0.2) is 0 Å². The molecule has 0 aromatic heterocycles. The SMILES string of the molecule is C1CCC23CC(CCOCCC4CC56CCCCCC45C6)C2(CC1)C3. The summed E-state index contributed by atoms with van der Waals surface area (Å²) in [5, 5.41) is 0. The largest absolute Gasteiger partial charge is 0.381 e. The molecule has 6 atom stereocenters. The topological polar surface area (TPSA) is 9.23 Å². The Morgan fingerprint density at radius 1 is 0.600 bits per heavy atom. The van der Waals surface area contributed by atoms with Crippen LogP contribution in [-0.4, -0.2) is 13.2 Å². The van der Waals surface area contributed by atoms with E-state index in [1.807, 2.05) is 0 Å². The van der Waals surface area contributed by atoms with Gasteiger partial charge in [0.05, 0.1) is 0 Å². The van der Waals surface area contributed by atoms with Gasteiger partial charge in [-0.3, -0.25) is 0 Å². The molecule has 1 heteroatoms. The molecule has 0 heterocycles. The van der Waals surface area contributed by atoms with Gasteiger partial charge < -0.3 is 4.74 Å².